The summed E-state index contributed by atoms with van der Waals surface area (Å²) in [5.74, 6) is 0.528. The van der Waals surface area contributed by atoms with Gasteiger partial charge in [-0.1, -0.05) is 44.2 Å². The summed E-state index contributed by atoms with van der Waals surface area (Å²) < 4.78 is 13.2. The maximum atomic E-state index is 13.2. The lowest BCUT2D eigenvalue weighted by atomic mass is 10.0. The van der Waals surface area contributed by atoms with Gasteiger partial charge in [0.15, 0.2) is 0 Å². The monoisotopic (exact) mass is 404 g/mol. The Morgan fingerprint density at radius 1 is 1.10 bits per heavy atom. The summed E-state index contributed by atoms with van der Waals surface area (Å²) in [6.45, 7) is 4.55. The maximum absolute atomic E-state index is 13.2. The van der Waals surface area contributed by atoms with Gasteiger partial charge in [-0.2, -0.15) is 0 Å². The second kappa shape index (κ2) is 8.63. The molecule has 4 aromatic rings. The van der Waals surface area contributed by atoms with E-state index >= 15 is 0 Å². The fourth-order valence-corrected chi connectivity index (χ4v) is 3.59. The molecule has 30 heavy (non-hydrogen) atoms. The van der Waals surface area contributed by atoms with E-state index in [1.54, 1.807) is 18.2 Å². The number of aromatic amines is 2. The lowest BCUT2D eigenvalue weighted by Gasteiger charge is -2.19. The number of halogens is 1. The van der Waals surface area contributed by atoms with Crippen molar-refractivity contribution in [3.05, 3.63) is 99.6 Å². The molecular weight excluding hydrogens is 379 g/mol. The molecular formula is C24H25FN4O. The van der Waals surface area contributed by atoms with E-state index in [-0.39, 0.29) is 23.3 Å². The van der Waals surface area contributed by atoms with E-state index in [4.69, 9.17) is 4.98 Å². The fraction of sp³-hybridized carbons (Fsp3) is 0.250. The molecule has 1 atom stereocenters. The first kappa shape index (κ1) is 20.0. The van der Waals surface area contributed by atoms with Crippen molar-refractivity contribution in [3.63, 3.8) is 0 Å². The summed E-state index contributed by atoms with van der Waals surface area (Å²) in [7, 11) is 0. The highest BCUT2D eigenvalue weighted by Gasteiger charge is 2.18. The first-order valence-electron chi connectivity index (χ1n) is 10.1. The summed E-state index contributed by atoms with van der Waals surface area (Å²) in [5.41, 5.74) is 3.74. The summed E-state index contributed by atoms with van der Waals surface area (Å²) in [6, 6.07) is 16.0. The molecule has 6 heteroatoms. The van der Waals surface area contributed by atoms with Crippen LogP contribution in [0.2, 0.25) is 0 Å². The first-order chi connectivity index (χ1) is 14.5. The van der Waals surface area contributed by atoms with E-state index in [0.717, 1.165) is 22.0 Å². The van der Waals surface area contributed by atoms with Crippen LogP contribution in [0.4, 0.5) is 4.39 Å². The molecule has 5 nitrogen and oxygen atoms in total. The third-order valence-corrected chi connectivity index (χ3v) is 5.25. The third-order valence-electron chi connectivity index (χ3n) is 5.25. The van der Waals surface area contributed by atoms with E-state index in [2.05, 4.69) is 21.4 Å². The van der Waals surface area contributed by atoms with Crippen molar-refractivity contribution >= 4 is 10.9 Å². The van der Waals surface area contributed by atoms with Gasteiger partial charge >= 0.3 is 0 Å². The molecule has 4 rings (SSSR count). The highest BCUT2D eigenvalue weighted by Crippen LogP contribution is 2.24. The largest absolute Gasteiger partial charge is 0.361 e. The lowest BCUT2D eigenvalue weighted by molar-refractivity contribution is 0.513. The smallest absolute Gasteiger partial charge is 0.251 e. The van der Waals surface area contributed by atoms with E-state index in [9.17, 15) is 9.18 Å². The predicted octanol–water partition coefficient (Wildman–Crippen LogP) is 4.59. The number of hydrogen-bond acceptors (Lipinski definition) is 3. The molecule has 154 valence electrons. The number of nitrogens with zero attached hydrogens (tertiary/aromatic N) is 1. The Morgan fingerprint density at radius 3 is 2.63 bits per heavy atom. The second-order valence-corrected chi connectivity index (χ2v) is 7.83. The van der Waals surface area contributed by atoms with Crippen LogP contribution in [0.15, 0.2) is 65.6 Å². The minimum atomic E-state index is -0.257. The van der Waals surface area contributed by atoms with Gasteiger partial charge in [0.25, 0.3) is 5.56 Å². The van der Waals surface area contributed by atoms with Crippen LogP contribution < -0.4 is 10.9 Å². The number of H-pyrrole nitrogens is 2. The molecule has 2 heterocycles. The normalized spacial score (nSPS) is 12.5. The van der Waals surface area contributed by atoms with E-state index in [1.807, 2.05) is 38.2 Å². The van der Waals surface area contributed by atoms with Crippen molar-refractivity contribution in [2.75, 3.05) is 0 Å². The van der Waals surface area contributed by atoms with Crippen molar-refractivity contribution in [3.8, 4) is 0 Å². The number of para-hydroxylation sites is 1. The molecule has 0 fully saturated rings. The Bertz CT molecular complexity index is 1190. The van der Waals surface area contributed by atoms with Gasteiger partial charge in [-0.25, -0.2) is 9.37 Å². The average Bonchev–Trinajstić information content (AvgIpc) is 3.14. The van der Waals surface area contributed by atoms with Crippen molar-refractivity contribution < 1.29 is 4.39 Å². The summed E-state index contributed by atoms with van der Waals surface area (Å²) in [4.78, 5) is 23.1. The van der Waals surface area contributed by atoms with Gasteiger partial charge in [-0.3, -0.25) is 4.79 Å². The molecule has 0 amide bonds. The number of fused-ring (bicyclic) bond motifs is 1. The number of hydrogen-bond donors (Lipinski definition) is 3. The zero-order valence-corrected chi connectivity index (χ0v) is 17.1. The van der Waals surface area contributed by atoms with Crippen LogP contribution in [0.1, 0.15) is 48.5 Å². The zero-order chi connectivity index (χ0) is 21.1. The van der Waals surface area contributed by atoms with Crippen molar-refractivity contribution in [2.45, 2.75) is 38.8 Å². The SMILES string of the molecule is CC(C)c1nc(C(Cc2c[nH]c3ccccc23)NCc2ccc(F)cc2)cc(=O)[nH]1. The molecule has 0 saturated heterocycles. The zero-order valence-electron chi connectivity index (χ0n) is 17.1. The molecule has 2 aromatic carbocycles. The quantitative estimate of drug-likeness (QED) is 0.422. The highest BCUT2D eigenvalue weighted by atomic mass is 19.1. The van der Waals surface area contributed by atoms with Crippen molar-refractivity contribution in [2.24, 2.45) is 0 Å². The Kier molecular flexibility index (Phi) is 5.77. The Morgan fingerprint density at radius 2 is 1.87 bits per heavy atom. The summed E-state index contributed by atoms with van der Waals surface area (Å²) >= 11 is 0. The number of aromatic nitrogens is 3. The predicted molar refractivity (Wildman–Crippen MR) is 117 cm³/mol. The van der Waals surface area contributed by atoms with E-state index in [0.29, 0.717) is 24.5 Å². The molecule has 1 unspecified atom stereocenters. The van der Waals surface area contributed by atoms with Crippen LogP contribution in [-0.2, 0) is 13.0 Å². The third kappa shape index (κ3) is 4.49. The Labute approximate surface area is 174 Å². The Balaban J connectivity index is 1.67. The molecule has 0 aliphatic heterocycles. The summed E-state index contributed by atoms with van der Waals surface area (Å²) in [6.07, 6.45) is 2.67. The number of benzene rings is 2. The number of nitrogens with one attached hydrogen (secondary N) is 3. The maximum Gasteiger partial charge on any atom is 0.251 e. The highest BCUT2D eigenvalue weighted by molar-refractivity contribution is 5.83. The minimum absolute atomic E-state index is 0.114. The van der Waals surface area contributed by atoms with Crippen LogP contribution in [0.25, 0.3) is 10.9 Å². The molecule has 0 aliphatic rings. The average molecular weight is 404 g/mol. The Hall–Kier alpha value is -3.25. The van der Waals surface area contributed by atoms with Crippen LogP contribution in [0.3, 0.4) is 0 Å². The van der Waals surface area contributed by atoms with Crippen molar-refractivity contribution in [1.29, 1.82) is 0 Å². The van der Waals surface area contributed by atoms with E-state index in [1.165, 1.54) is 12.1 Å². The number of rotatable bonds is 7. The molecule has 0 bridgehead atoms. The molecule has 0 spiro atoms. The van der Waals surface area contributed by atoms with Gasteiger partial charge in [-0.05, 0) is 35.7 Å². The van der Waals surface area contributed by atoms with Gasteiger partial charge in [0.05, 0.1) is 11.7 Å². The molecule has 0 aliphatic carbocycles. The fourth-order valence-electron chi connectivity index (χ4n) is 3.59. The minimum Gasteiger partial charge on any atom is -0.361 e. The molecule has 2 aromatic heterocycles. The van der Waals surface area contributed by atoms with Gasteiger partial charge < -0.3 is 15.3 Å². The molecule has 0 saturated carbocycles. The van der Waals surface area contributed by atoms with Gasteiger partial charge in [0, 0.05) is 35.6 Å². The molecule has 3 N–H and O–H groups in total. The van der Waals surface area contributed by atoms with Crippen LogP contribution in [0.5, 0.6) is 0 Å². The first-order valence-corrected chi connectivity index (χ1v) is 10.1. The summed E-state index contributed by atoms with van der Waals surface area (Å²) in [5, 5.41) is 4.67. The van der Waals surface area contributed by atoms with Gasteiger partial charge in [0.2, 0.25) is 0 Å². The van der Waals surface area contributed by atoms with Gasteiger partial charge in [0.1, 0.15) is 11.6 Å². The van der Waals surface area contributed by atoms with Crippen molar-refractivity contribution in [1.82, 2.24) is 20.3 Å². The standard InChI is InChI=1S/C24H25FN4O/c1-15(2)24-28-22(12-23(30)29-24)21(26-13-16-7-9-18(25)10-8-16)11-17-14-27-20-6-4-3-5-19(17)20/h3-10,12,14-15,21,26-27H,11,13H2,1-2H3,(H,28,29,30). The second-order valence-electron chi connectivity index (χ2n) is 7.83. The molecule has 0 radical (unpaired) electrons. The topological polar surface area (TPSA) is 73.6 Å². The van der Waals surface area contributed by atoms with Crippen LogP contribution >= 0.6 is 0 Å². The lowest BCUT2D eigenvalue weighted by Crippen LogP contribution is -2.26. The van der Waals surface area contributed by atoms with E-state index < -0.39 is 0 Å². The van der Waals surface area contributed by atoms with Gasteiger partial charge in [-0.15, -0.1) is 0 Å². The van der Waals surface area contributed by atoms with Crippen LogP contribution in [0, 0.1) is 5.82 Å². The van der Waals surface area contributed by atoms with Crippen LogP contribution in [-0.4, -0.2) is 15.0 Å².